The molecule has 4 heterocycles. The van der Waals surface area contributed by atoms with E-state index in [2.05, 4.69) is 49.4 Å². The summed E-state index contributed by atoms with van der Waals surface area (Å²) in [6.07, 6.45) is 1.38. The highest BCUT2D eigenvalue weighted by Gasteiger charge is 2.58. The van der Waals surface area contributed by atoms with Gasteiger partial charge in [-0.05, 0) is 24.0 Å². The van der Waals surface area contributed by atoms with Gasteiger partial charge in [-0.15, -0.1) is 0 Å². The Morgan fingerprint density at radius 3 is 2.74 bits per heavy atom. The predicted octanol–water partition coefficient (Wildman–Crippen LogP) is 1.28. The summed E-state index contributed by atoms with van der Waals surface area (Å²) in [5.41, 5.74) is 1.60. The normalized spacial score (nSPS) is 21.9. The van der Waals surface area contributed by atoms with Crippen molar-refractivity contribution in [1.29, 1.82) is 5.26 Å². The fraction of sp³-hybridized carbons (Fsp3) is 0.333. The van der Waals surface area contributed by atoms with Crippen molar-refractivity contribution < 1.29 is 4.52 Å². The van der Waals surface area contributed by atoms with Gasteiger partial charge in [0.25, 0.3) is 5.56 Å². The van der Waals surface area contributed by atoms with Crippen molar-refractivity contribution in [2.24, 2.45) is 18.9 Å². The SMILES string of the molecule is Cn1cnc2c(C#N)nn(Cc3nc(C4[C@H]5CN(c6ccccc6)C[C@@H]45)no3)c2c1=O. The van der Waals surface area contributed by atoms with E-state index >= 15 is 0 Å². The van der Waals surface area contributed by atoms with E-state index in [9.17, 15) is 10.1 Å². The summed E-state index contributed by atoms with van der Waals surface area (Å²) < 4.78 is 8.23. The molecule has 0 amide bonds. The van der Waals surface area contributed by atoms with E-state index in [1.54, 1.807) is 7.05 Å². The Kier molecular flexibility index (Phi) is 3.74. The van der Waals surface area contributed by atoms with Crippen molar-refractivity contribution in [1.82, 2.24) is 29.5 Å². The number of aryl methyl sites for hydroxylation is 1. The lowest BCUT2D eigenvalue weighted by molar-refractivity contribution is 0.362. The van der Waals surface area contributed by atoms with Crippen LogP contribution >= 0.6 is 0 Å². The first-order valence-electron chi connectivity index (χ1n) is 10.1. The maximum absolute atomic E-state index is 12.6. The highest BCUT2D eigenvalue weighted by Crippen LogP contribution is 2.57. The Labute approximate surface area is 176 Å². The Morgan fingerprint density at radius 2 is 2.00 bits per heavy atom. The molecule has 1 unspecified atom stereocenters. The van der Waals surface area contributed by atoms with Gasteiger partial charge in [0, 0.05) is 31.7 Å². The monoisotopic (exact) mass is 414 g/mol. The molecular weight excluding hydrogens is 396 g/mol. The van der Waals surface area contributed by atoms with Gasteiger partial charge in [0.15, 0.2) is 17.0 Å². The van der Waals surface area contributed by atoms with Crippen molar-refractivity contribution in [3.63, 3.8) is 0 Å². The smallest absolute Gasteiger partial charge is 0.279 e. The quantitative estimate of drug-likeness (QED) is 0.490. The number of anilines is 1. The summed E-state index contributed by atoms with van der Waals surface area (Å²) in [4.78, 5) is 23.7. The molecule has 1 aliphatic carbocycles. The van der Waals surface area contributed by atoms with Gasteiger partial charge in [0.1, 0.15) is 18.1 Å². The molecule has 3 aromatic heterocycles. The number of hydrogen-bond donors (Lipinski definition) is 0. The summed E-state index contributed by atoms with van der Waals surface area (Å²) in [5.74, 6) is 2.42. The number of nitriles is 1. The van der Waals surface area contributed by atoms with Gasteiger partial charge in [0.2, 0.25) is 5.89 Å². The third kappa shape index (κ3) is 2.73. The summed E-state index contributed by atoms with van der Waals surface area (Å²) >= 11 is 0. The third-order valence-corrected chi connectivity index (χ3v) is 6.30. The molecule has 1 saturated heterocycles. The molecule has 0 N–H and O–H groups in total. The lowest BCUT2D eigenvalue weighted by Crippen LogP contribution is -2.23. The molecule has 0 radical (unpaired) electrons. The molecule has 2 fully saturated rings. The van der Waals surface area contributed by atoms with Crippen LogP contribution in [0.1, 0.15) is 23.3 Å². The first kappa shape index (κ1) is 17.8. The molecule has 3 atom stereocenters. The lowest BCUT2D eigenvalue weighted by atomic mass is 10.2. The van der Waals surface area contributed by atoms with Gasteiger partial charge in [-0.2, -0.15) is 15.3 Å². The topological polar surface area (TPSA) is 119 Å². The summed E-state index contributed by atoms with van der Waals surface area (Å²) in [6, 6.07) is 12.4. The van der Waals surface area contributed by atoms with E-state index in [1.165, 1.54) is 21.3 Å². The highest BCUT2D eigenvalue weighted by molar-refractivity contribution is 5.78. The molecule has 4 aromatic rings. The van der Waals surface area contributed by atoms with Crippen LogP contribution in [0.5, 0.6) is 0 Å². The summed E-state index contributed by atoms with van der Waals surface area (Å²) in [7, 11) is 1.60. The number of fused-ring (bicyclic) bond motifs is 2. The van der Waals surface area contributed by atoms with Crippen LogP contribution in [0.25, 0.3) is 11.0 Å². The molecule has 0 spiro atoms. The number of para-hydroxylation sites is 1. The number of rotatable bonds is 4. The minimum absolute atomic E-state index is 0.102. The zero-order valence-corrected chi connectivity index (χ0v) is 16.7. The fourth-order valence-corrected chi connectivity index (χ4v) is 4.69. The first-order valence-corrected chi connectivity index (χ1v) is 10.1. The van der Waals surface area contributed by atoms with Crippen LogP contribution in [0, 0.1) is 23.2 Å². The number of benzene rings is 1. The van der Waals surface area contributed by atoms with Gasteiger partial charge < -0.3 is 14.0 Å². The molecule has 0 bridgehead atoms. The second kappa shape index (κ2) is 6.50. The van der Waals surface area contributed by atoms with Crippen molar-refractivity contribution >= 4 is 16.7 Å². The molecule has 10 heteroatoms. The standard InChI is InChI=1S/C21H18N8O2/c1-27-11-23-18-15(7-22)25-29(19(18)21(27)30)10-16-24-20(26-31-16)17-13-8-28(9-14(13)17)12-5-3-2-4-6-12/h2-6,11,13-14,17H,8-10H2,1H3/t13-,14+,17?. The average molecular weight is 414 g/mol. The molecule has 1 aromatic carbocycles. The van der Waals surface area contributed by atoms with Crippen LogP contribution in [0.3, 0.4) is 0 Å². The van der Waals surface area contributed by atoms with Gasteiger partial charge in [-0.1, -0.05) is 23.4 Å². The molecule has 1 saturated carbocycles. The maximum Gasteiger partial charge on any atom is 0.279 e. The van der Waals surface area contributed by atoms with Gasteiger partial charge in [0.05, 0.1) is 6.33 Å². The molecule has 2 aliphatic rings. The molecule has 31 heavy (non-hydrogen) atoms. The molecule has 6 rings (SSSR count). The minimum atomic E-state index is -0.281. The van der Waals surface area contributed by atoms with Crippen LogP contribution in [-0.4, -0.2) is 42.6 Å². The Hall–Kier alpha value is -4.00. The van der Waals surface area contributed by atoms with E-state index in [0.717, 1.165) is 13.1 Å². The Morgan fingerprint density at radius 1 is 1.23 bits per heavy atom. The fourth-order valence-electron chi connectivity index (χ4n) is 4.69. The largest absolute Gasteiger partial charge is 0.371 e. The number of nitrogens with zero attached hydrogens (tertiary/aromatic N) is 8. The minimum Gasteiger partial charge on any atom is -0.371 e. The zero-order valence-electron chi connectivity index (χ0n) is 16.7. The van der Waals surface area contributed by atoms with Crippen molar-refractivity contribution in [2.45, 2.75) is 12.5 Å². The van der Waals surface area contributed by atoms with E-state index < -0.39 is 0 Å². The summed E-state index contributed by atoms with van der Waals surface area (Å²) in [5, 5.41) is 17.7. The van der Waals surface area contributed by atoms with E-state index in [-0.39, 0.29) is 28.8 Å². The van der Waals surface area contributed by atoms with Crippen LogP contribution in [0.4, 0.5) is 5.69 Å². The van der Waals surface area contributed by atoms with Crippen LogP contribution in [0.15, 0.2) is 46.0 Å². The second-order valence-corrected chi connectivity index (χ2v) is 8.12. The number of hydrogen-bond acceptors (Lipinski definition) is 8. The highest BCUT2D eigenvalue weighted by atomic mass is 16.5. The number of aromatic nitrogens is 6. The van der Waals surface area contributed by atoms with Crippen molar-refractivity contribution in [3.05, 3.63) is 64.4 Å². The lowest BCUT2D eigenvalue weighted by Gasteiger charge is -2.21. The van der Waals surface area contributed by atoms with Gasteiger partial charge in [-0.3, -0.25) is 4.79 Å². The Balaban J connectivity index is 1.22. The maximum atomic E-state index is 12.6. The zero-order chi connectivity index (χ0) is 21.1. The second-order valence-electron chi connectivity index (χ2n) is 8.12. The molecule has 154 valence electrons. The van der Waals surface area contributed by atoms with Gasteiger partial charge >= 0.3 is 0 Å². The van der Waals surface area contributed by atoms with Crippen LogP contribution in [0.2, 0.25) is 0 Å². The molecule has 10 nitrogen and oxygen atoms in total. The van der Waals surface area contributed by atoms with Crippen molar-refractivity contribution in [3.8, 4) is 6.07 Å². The molecule has 1 aliphatic heterocycles. The van der Waals surface area contributed by atoms with E-state index in [0.29, 0.717) is 29.5 Å². The van der Waals surface area contributed by atoms with Gasteiger partial charge in [-0.25, -0.2) is 9.67 Å². The number of piperidine rings is 1. The average Bonchev–Trinajstić information content (AvgIpc) is 3.20. The summed E-state index contributed by atoms with van der Waals surface area (Å²) in [6.45, 7) is 2.09. The first-order chi connectivity index (χ1) is 15.1. The van der Waals surface area contributed by atoms with Crippen molar-refractivity contribution in [2.75, 3.05) is 18.0 Å². The predicted molar refractivity (Wildman–Crippen MR) is 109 cm³/mol. The Bertz CT molecular complexity index is 1380. The van der Waals surface area contributed by atoms with E-state index in [4.69, 9.17) is 4.52 Å². The molecular formula is C21H18N8O2. The van der Waals surface area contributed by atoms with Crippen LogP contribution < -0.4 is 10.5 Å². The van der Waals surface area contributed by atoms with Crippen LogP contribution in [-0.2, 0) is 13.6 Å². The van der Waals surface area contributed by atoms with E-state index in [1.807, 2.05) is 12.1 Å². The third-order valence-electron chi connectivity index (χ3n) is 6.30.